The predicted molar refractivity (Wildman–Crippen MR) is 110 cm³/mol. The fourth-order valence-corrected chi connectivity index (χ4v) is 2.59. The highest BCUT2D eigenvalue weighted by molar-refractivity contribution is 6.10. The molecule has 30 heavy (non-hydrogen) atoms. The number of nitrogens with zero attached hydrogens (tertiary/aromatic N) is 3. The number of H-pyrrole nitrogens is 1. The van der Waals surface area contributed by atoms with Crippen LogP contribution >= 0.6 is 0 Å². The Labute approximate surface area is 172 Å². The summed E-state index contributed by atoms with van der Waals surface area (Å²) in [6.45, 7) is 5.23. The third kappa shape index (κ3) is 5.74. The molecule has 0 spiro atoms. The number of hydrogen-bond donors (Lipinski definition) is 3. The standard InChI is InChI=1S/C20H23FN6O3/c1-3-29-10-4-9-22-20(25-19(28)16-12-23-30-13(16)2)24-18-11-17(26-27-18)14-5-7-15(21)8-6-14/h5-8,11-12H,3-4,9-10H2,1-2H3,(H3,22,24,25,26,27,28). The number of aryl methyl sites for hydroxylation is 1. The van der Waals surface area contributed by atoms with Gasteiger partial charge in [-0.25, -0.2) is 4.39 Å². The number of amides is 1. The van der Waals surface area contributed by atoms with E-state index in [4.69, 9.17) is 9.26 Å². The van der Waals surface area contributed by atoms with Crippen LogP contribution in [0.1, 0.15) is 29.5 Å². The molecule has 3 aromatic rings. The van der Waals surface area contributed by atoms with E-state index in [0.717, 1.165) is 5.56 Å². The number of nitrogens with one attached hydrogen (secondary N) is 3. The van der Waals surface area contributed by atoms with Crippen molar-refractivity contribution in [3.63, 3.8) is 0 Å². The van der Waals surface area contributed by atoms with Gasteiger partial charge in [0.15, 0.2) is 5.82 Å². The van der Waals surface area contributed by atoms with Crippen LogP contribution in [0.2, 0.25) is 0 Å². The minimum absolute atomic E-state index is 0.231. The number of aliphatic imine (C=N–C) groups is 1. The summed E-state index contributed by atoms with van der Waals surface area (Å²) in [5.74, 6) is 0.361. The molecule has 9 nitrogen and oxygen atoms in total. The number of ether oxygens (including phenoxy) is 1. The van der Waals surface area contributed by atoms with Crippen LogP contribution in [0.25, 0.3) is 11.3 Å². The lowest BCUT2D eigenvalue weighted by atomic mass is 10.1. The molecule has 2 aromatic heterocycles. The molecule has 0 atom stereocenters. The van der Waals surface area contributed by atoms with Gasteiger partial charge in [-0.1, -0.05) is 5.16 Å². The second-order valence-corrected chi connectivity index (χ2v) is 6.33. The minimum atomic E-state index is -0.404. The number of guanidine groups is 1. The molecule has 0 aliphatic rings. The lowest BCUT2D eigenvalue weighted by Crippen LogP contribution is -2.36. The molecule has 1 amide bonds. The van der Waals surface area contributed by atoms with Gasteiger partial charge in [-0.15, -0.1) is 0 Å². The summed E-state index contributed by atoms with van der Waals surface area (Å²) in [7, 11) is 0. The van der Waals surface area contributed by atoms with Gasteiger partial charge in [-0.2, -0.15) is 5.10 Å². The number of halogens is 1. The Morgan fingerprint density at radius 3 is 2.83 bits per heavy atom. The first-order valence-corrected chi connectivity index (χ1v) is 9.50. The average molecular weight is 414 g/mol. The molecule has 0 unspecified atom stereocenters. The van der Waals surface area contributed by atoms with E-state index in [0.29, 0.717) is 49.0 Å². The Bertz CT molecular complexity index is 996. The zero-order valence-electron chi connectivity index (χ0n) is 16.7. The van der Waals surface area contributed by atoms with Crippen molar-refractivity contribution in [3.05, 3.63) is 53.7 Å². The van der Waals surface area contributed by atoms with Crippen LogP contribution in [0.3, 0.4) is 0 Å². The summed E-state index contributed by atoms with van der Waals surface area (Å²) in [6, 6.07) is 7.77. The highest BCUT2D eigenvalue weighted by Gasteiger charge is 2.16. The summed E-state index contributed by atoms with van der Waals surface area (Å²) in [5.41, 5.74) is 1.78. The van der Waals surface area contributed by atoms with Gasteiger partial charge in [0.25, 0.3) is 5.91 Å². The van der Waals surface area contributed by atoms with Crippen LogP contribution in [0.15, 0.2) is 46.0 Å². The van der Waals surface area contributed by atoms with Crippen molar-refractivity contribution in [1.29, 1.82) is 0 Å². The van der Waals surface area contributed by atoms with E-state index >= 15 is 0 Å². The quantitative estimate of drug-likeness (QED) is 0.296. The van der Waals surface area contributed by atoms with Gasteiger partial charge >= 0.3 is 0 Å². The molecule has 1 aromatic carbocycles. The van der Waals surface area contributed by atoms with E-state index < -0.39 is 5.91 Å². The minimum Gasteiger partial charge on any atom is -0.382 e. The Morgan fingerprint density at radius 2 is 2.13 bits per heavy atom. The number of aromatic nitrogens is 3. The molecule has 3 rings (SSSR count). The van der Waals surface area contributed by atoms with Crippen molar-refractivity contribution in [3.8, 4) is 11.3 Å². The van der Waals surface area contributed by atoms with Gasteiger partial charge in [0.1, 0.15) is 17.1 Å². The molecule has 0 fully saturated rings. The number of carbonyl (C=O) groups is 1. The number of rotatable bonds is 8. The Hall–Kier alpha value is -3.53. The third-order valence-electron chi connectivity index (χ3n) is 4.13. The van der Waals surface area contributed by atoms with Crippen LogP contribution in [-0.4, -0.2) is 47.0 Å². The predicted octanol–water partition coefficient (Wildman–Crippen LogP) is 3.14. The molecule has 0 saturated carbocycles. The lowest BCUT2D eigenvalue weighted by Gasteiger charge is -2.09. The highest BCUT2D eigenvalue weighted by atomic mass is 19.1. The van der Waals surface area contributed by atoms with Gasteiger partial charge < -0.3 is 14.6 Å². The molecule has 0 saturated heterocycles. The molecule has 3 N–H and O–H groups in total. The summed E-state index contributed by atoms with van der Waals surface area (Å²) >= 11 is 0. The molecule has 0 bridgehead atoms. The number of anilines is 1. The fourth-order valence-electron chi connectivity index (χ4n) is 2.59. The normalized spacial score (nSPS) is 11.5. The molecular weight excluding hydrogens is 391 g/mol. The van der Waals surface area contributed by atoms with Crippen LogP contribution in [0.5, 0.6) is 0 Å². The molecular formula is C20H23FN6O3. The van der Waals surface area contributed by atoms with Gasteiger partial charge in [-0.05, 0) is 50.1 Å². The molecule has 158 valence electrons. The summed E-state index contributed by atoms with van der Waals surface area (Å²) < 4.78 is 23.4. The Kier molecular flexibility index (Phi) is 7.28. The zero-order valence-corrected chi connectivity index (χ0v) is 16.7. The van der Waals surface area contributed by atoms with E-state index in [1.807, 2.05) is 6.92 Å². The third-order valence-corrected chi connectivity index (χ3v) is 4.13. The summed E-state index contributed by atoms with van der Waals surface area (Å²) in [5, 5.41) is 16.4. The largest absolute Gasteiger partial charge is 0.382 e. The maximum absolute atomic E-state index is 13.1. The molecule has 10 heteroatoms. The SMILES string of the molecule is CCOCCCN=C(NC(=O)c1cnoc1C)Nc1cc(-c2ccc(F)cc2)[nH]n1. The Morgan fingerprint density at radius 1 is 1.33 bits per heavy atom. The topological polar surface area (TPSA) is 117 Å². The van der Waals surface area contributed by atoms with Crippen molar-refractivity contribution in [1.82, 2.24) is 20.7 Å². The van der Waals surface area contributed by atoms with Crippen molar-refractivity contribution >= 4 is 17.7 Å². The van der Waals surface area contributed by atoms with Crippen molar-refractivity contribution in [2.75, 3.05) is 25.1 Å². The molecule has 2 heterocycles. The van der Waals surface area contributed by atoms with E-state index in [2.05, 4.69) is 31.0 Å². The van der Waals surface area contributed by atoms with Crippen molar-refractivity contribution in [2.24, 2.45) is 4.99 Å². The average Bonchev–Trinajstić information content (AvgIpc) is 3.37. The molecule has 0 aliphatic carbocycles. The smallest absolute Gasteiger partial charge is 0.263 e. The van der Waals surface area contributed by atoms with Crippen molar-refractivity contribution < 1.29 is 18.4 Å². The number of aromatic amines is 1. The first kappa shape index (κ1) is 21.2. The van der Waals surface area contributed by atoms with Gasteiger partial charge in [0.05, 0.1) is 11.9 Å². The van der Waals surface area contributed by atoms with Gasteiger partial charge in [0, 0.05) is 25.8 Å². The molecule has 0 radical (unpaired) electrons. The van der Waals surface area contributed by atoms with E-state index in [-0.39, 0.29) is 11.8 Å². The van der Waals surface area contributed by atoms with Crippen LogP contribution in [-0.2, 0) is 4.74 Å². The first-order valence-electron chi connectivity index (χ1n) is 9.50. The second-order valence-electron chi connectivity index (χ2n) is 6.33. The Balaban J connectivity index is 1.71. The van der Waals surface area contributed by atoms with E-state index in [1.54, 1.807) is 25.1 Å². The zero-order chi connectivity index (χ0) is 21.3. The first-order chi connectivity index (χ1) is 14.6. The monoisotopic (exact) mass is 414 g/mol. The van der Waals surface area contributed by atoms with Crippen LogP contribution < -0.4 is 10.6 Å². The van der Waals surface area contributed by atoms with Crippen molar-refractivity contribution in [2.45, 2.75) is 20.3 Å². The van der Waals surface area contributed by atoms with Crippen LogP contribution in [0.4, 0.5) is 10.2 Å². The maximum Gasteiger partial charge on any atom is 0.263 e. The summed E-state index contributed by atoms with van der Waals surface area (Å²) in [6.07, 6.45) is 2.04. The number of benzene rings is 1. The van der Waals surface area contributed by atoms with Crippen LogP contribution in [0, 0.1) is 12.7 Å². The summed E-state index contributed by atoms with van der Waals surface area (Å²) in [4.78, 5) is 16.9. The van der Waals surface area contributed by atoms with Gasteiger partial charge in [-0.3, -0.25) is 20.2 Å². The highest BCUT2D eigenvalue weighted by Crippen LogP contribution is 2.20. The maximum atomic E-state index is 13.1. The van der Waals surface area contributed by atoms with Gasteiger partial charge in [0.2, 0.25) is 5.96 Å². The fraction of sp³-hybridized carbons (Fsp3) is 0.300. The molecule has 0 aliphatic heterocycles. The number of hydrogen-bond acceptors (Lipinski definition) is 6. The van der Waals surface area contributed by atoms with E-state index in [1.165, 1.54) is 18.3 Å². The number of carbonyl (C=O) groups excluding carboxylic acids is 1. The second kappa shape index (κ2) is 10.3. The lowest BCUT2D eigenvalue weighted by molar-refractivity contribution is 0.0975. The van der Waals surface area contributed by atoms with E-state index in [9.17, 15) is 9.18 Å².